The van der Waals surface area contributed by atoms with E-state index in [0.29, 0.717) is 5.92 Å². The SMILES string of the molecule is CC(=O)N1CCN(c2ccc(Nc3nc(C4CC4)nc4cn[nH]c34)cc2)CC1. The minimum absolute atomic E-state index is 0.153. The summed E-state index contributed by atoms with van der Waals surface area (Å²) < 4.78 is 0. The summed E-state index contributed by atoms with van der Waals surface area (Å²) in [5.41, 5.74) is 3.82. The number of H-pyrrole nitrogens is 1. The third-order valence-corrected chi connectivity index (χ3v) is 5.48. The maximum Gasteiger partial charge on any atom is 0.219 e. The summed E-state index contributed by atoms with van der Waals surface area (Å²) in [6.07, 6.45) is 4.07. The second-order valence-corrected chi connectivity index (χ2v) is 7.50. The lowest BCUT2D eigenvalue weighted by Gasteiger charge is -2.35. The molecule has 8 nitrogen and oxygen atoms in total. The van der Waals surface area contributed by atoms with Crippen LogP contribution in [0.15, 0.2) is 30.5 Å². The molecule has 1 amide bonds. The van der Waals surface area contributed by atoms with E-state index in [1.165, 1.54) is 5.69 Å². The molecule has 3 heterocycles. The molecule has 1 saturated carbocycles. The number of amides is 1. The van der Waals surface area contributed by atoms with Crippen molar-refractivity contribution in [2.45, 2.75) is 25.7 Å². The van der Waals surface area contributed by atoms with Gasteiger partial charge in [-0.1, -0.05) is 0 Å². The standard InChI is InChI=1S/C20H23N7O/c1-13(28)26-8-10-27(11-9-26)16-6-4-15(5-7-16)22-20-18-17(12-21-25-18)23-19(24-20)14-2-3-14/h4-7,12,14H,2-3,8-11H2,1H3,(H,21,25)(H,22,23,24). The lowest BCUT2D eigenvalue weighted by atomic mass is 10.2. The van der Waals surface area contributed by atoms with E-state index < -0.39 is 0 Å². The van der Waals surface area contributed by atoms with Crippen LogP contribution in [-0.2, 0) is 4.79 Å². The largest absolute Gasteiger partial charge is 0.368 e. The van der Waals surface area contributed by atoms with Gasteiger partial charge in [0.1, 0.15) is 16.9 Å². The Morgan fingerprint density at radius 3 is 2.54 bits per heavy atom. The van der Waals surface area contributed by atoms with E-state index in [1.807, 2.05) is 4.90 Å². The molecule has 2 aromatic heterocycles. The third kappa shape index (κ3) is 3.26. The highest BCUT2D eigenvalue weighted by molar-refractivity contribution is 5.87. The van der Waals surface area contributed by atoms with Gasteiger partial charge in [-0.3, -0.25) is 9.89 Å². The van der Waals surface area contributed by atoms with Gasteiger partial charge >= 0.3 is 0 Å². The smallest absolute Gasteiger partial charge is 0.219 e. The van der Waals surface area contributed by atoms with Crippen molar-refractivity contribution in [1.29, 1.82) is 0 Å². The Balaban J connectivity index is 1.32. The van der Waals surface area contributed by atoms with Gasteiger partial charge in [-0.25, -0.2) is 9.97 Å². The Hall–Kier alpha value is -3.16. The quantitative estimate of drug-likeness (QED) is 0.726. The van der Waals surface area contributed by atoms with Gasteiger partial charge in [0, 0.05) is 50.4 Å². The number of carbonyl (C=O) groups is 1. The average molecular weight is 377 g/mol. The Labute approximate surface area is 163 Å². The van der Waals surface area contributed by atoms with E-state index in [-0.39, 0.29) is 5.91 Å². The van der Waals surface area contributed by atoms with Crippen molar-refractivity contribution in [3.05, 3.63) is 36.3 Å². The lowest BCUT2D eigenvalue weighted by Crippen LogP contribution is -2.48. The molecule has 1 saturated heterocycles. The number of benzene rings is 1. The first-order valence-electron chi connectivity index (χ1n) is 9.76. The van der Waals surface area contributed by atoms with Gasteiger partial charge in [0.2, 0.25) is 5.91 Å². The van der Waals surface area contributed by atoms with E-state index in [0.717, 1.165) is 67.4 Å². The minimum Gasteiger partial charge on any atom is -0.368 e. The molecule has 2 fully saturated rings. The summed E-state index contributed by atoms with van der Waals surface area (Å²) in [6.45, 7) is 4.90. The van der Waals surface area contributed by atoms with Crippen LogP contribution < -0.4 is 10.2 Å². The van der Waals surface area contributed by atoms with E-state index in [9.17, 15) is 4.79 Å². The highest BCUT2D eigenvalue weighted by Crippen LogP contribution is 2.39. The van der Waals surface area contributed by atoms with Crippen molar-refractivity contribution in [2.75, 3.05) is 36.4 Å². The number of carbonyl (C=O) groups excluding carboxylic acids is 1. The number of rotatable bonds is 4. The Morgan fingerprint density at radius 2 is 1.86 bits per heavy atom. The molecule has 2 N–H and O–H groups in total. The fourth-order valence-electron chi connectivity index (χ4n) is 3.64. The van der Waals surface area contributed by atoms with Gasteiger partial charge in [-0.2, -0.15) is 5.10 Å². The zero-order valence-electron chi connectivity index (χ0n) is 15.9. The summed E-state index contributed by atoms with van der Waals surface area (Å²) in [5.74, 6) is 2.30. The first kappa shape index (κ1) is 17.0. The molecule has 5 rings (SSSR count). The maximum atomic E-state index is 11.5. The van der Waals surface area contributed by atoms with Crippen LogP contribution in [0.3, 0.4) is 0 Å². The highest BCUT2D eigenvalue weighted by Gasteiger charge is 2.28. The Morgan fingerprint density at radius 1 is 1.11 bits per heavy atom. The first-order valence-corrected chi connectivity index (χ1v) is 9.76. The molecule has 144 valence electrons. The van der Waals surface area contributed by atoms with Crippen molar-refractivity contribution in [3.63, 3.8) is 0 Å². The molecule has 0 spiro atoms. The number of aromatic amines is 1. The fourth-order valence-corrected chi connectivity index (χ4v) is 3.64. The Bertz CT molecular complexity index is 1000. The zero-order valence-corrected chi connectivity index (χ0v) is 15.9. The number of piperazine rings is 1. The van der Waals surface area contributed by atoms with E-state index in [4.69, 9.17) is 4.98 Å². The lowest BCUT2D eigenvalue weighted by molar-refractivity contribution is -0.129. The zero-order chi connectivity index (χ0) is 19.1. The maximum absolute atomic E-state index is 11.5. The van der Waals surface area contributed by atoms with E-state index >= 15 is 0 Å². The van der Waals surface area contributed by atoms with Crippen molar-refractivity contribution in [3.8, 4) is 0 Å². The second kappa shape index (κ2) is 6.78. The number of hydrogen-bond donors (Lipinski definition) is 2. The Kier molecular flexibility index (Phi) is 4.11. The van der Waals surface area contributed by atoms with Crippen LogP contribution in [0, 0.1) is 0 Å². The number of hydrogen-bond acceptors (Lipinski definition) is 6. The van der Waals surface area contributed by atoms with Crippen LogP contribution in [0.1, 0.15) is 31.5 Å². The number of nitrogens with zero attached hydrogens (tertiary/aromatic N) is 5. The summed E-state index contributed by atoms with van der Waals surface area (Å²) in [5, 5.41) is 10.5. The molecular weight excluding hydrogens is 354 g/mol. The summed E-state index contributed by atoms with van der Waals surface area (Å²) in [6, 6.07) is 8.35. The monoisotopic (exact) mass is 377 g/mol. The molecule has 1 aliphatic heterocycles. The fraction of sp³-hybridized carbons (Fsp3) is 0.400. The molecule has 8 heteroatoms. The third-order valence-electron chi connectivity index (χ3n) is 5.48. The second-order valence-electron chi connectivity index (χ2n) is 7.50. The number of nitrogens with one attached hydrogen (secondary N) is 2. The van der Waals surface area contributed by atoms with Crippen LogP contribution in [0.2, 0.25) is 0 Å². The number of aromatic nitrogens is 4. The van der Waals surface area contributed by atoms with Gasteiger partial charge in [-0.15, -0.1) is 0 Å². The van der Waals surface area contributed by atoms with Crippen molar-refractivity contribution in [2.24, 2.45) is 0 Å². The van der Waals surface area contributed by atoms with Crippen molar-refractivity contribution < 1.29 is 4.79 Å². The highest BCUT2D eigenvalue weighted by atomic mass is 16.2. The van der Waals surface area contributed by atoms with Gasteiger partial charge in [0.25, 0.3) is 0 Å². The summed E-state index contributed by atoms with van der Waals surface area (Å²) in [4.78, 5) is 25.0. The minimum atomic E-state index is 0.153. The molecule has 2 aliphatic rings. The topological polar surface area (TPSA) is 90.0 Å². The number of anilines is 3. The van der Waals surface area contributed by atoms with Crippen LogP contribution in [0.4, 0.5) is 17.2 Å². The normalized spacial score (nSPS) is 17.2. The molecule has 0 unspecified atom stereocenters. The molecule has 0 atom stereocenters. The first-order chi connectivity index (χ1) is 13.7. The molecule has 28 heavy (non-hydrogen) atoms. The van der Waals surface area contributed by atoms with Gasteiger partial charge in [0.05, 0.1) is 6.20 Å². The van der Waals surface area contributed by atoms with Gasteiger partial charge in [0.15, 0.2) is 5.82 Å². The molecular formula is C20H23N7O. The van der Waals surface area contributed by atoms with Crippen molar-refractivity contribution >= 4 is 34.1 Å². The van der Waals surface area contributed by atoms with Crippen LogP contribution in [0.5, 0.6) is 0 Å². The predicted octanol–water partition coefficient (Wildman–Crippen LogP) is 2.64. The molecule has 0 radical (unpaired) electrons. The number of fused-ring (bicyclic) bond motifs is 1. The predicted molar refractivity (Wildman–Crippen MR) is 108 cm³/mol. The van der Waals surface area contributed by atoms with Crippen molar-refractivity contribution in [1.82, 2.24) is 25.1 Å². The molecule has 3 aromatic rings. The van der Waals surface area contributed by atoms with Crippen LogP contribution in [-0.4, -0.2) is 57.2 Å². The van der Waals surface area contributed by atoms with Gasteiger partial charge in [-0.05, 0) is 37.1 Å². The molecule has 0 bridgehead atoms. The average Bonchev–Trinajstić information content (AvgIpc) is 3.46. The summed E-state index contributed by atoms with van der Waals surface area (Å²) >= 11 is 0. The molecule has 1 aliphatic carbocycles. The van der Waals surface area contributed by atoms with E-state index in [1.54, 1.807) is 13.1 Å². The summed E-state index contributed by atoms with van der Waals surface area (Å²) in [7, 11) is 0. The van der Waals surface area contributed by atoms with E-state index in [2.05, 4.69) is 49.7 Å². The molecule has 1 aromatic carbocycles. The van der Waals surface area contributed by atoms with Crippen LogP contribution in [0.25, 0.3) is 11.0 Å². The van der Waals surface area contributed by atoms with Crippen LogP contribution >= 0.6 is 0 Å². The van der Waals surface area contributed by atoms with Gasteiger partial charge < -0.3 is 15.1 Å².